The van der Waals surface area contributed by atoms with E-state index in [1.165, 1.54) is 12.5 Å². The summed E-state index contributed by atoms with van der Waals surface area (Å²) in [7, 11) is 0. The van der Waals surface area contributed by atoms with Crippen molar-refractivity contribution in [2.45, 2.75) is 57.8 Å². The highest BCUT2D eigenvalue weighted by atomic mass is 16.4. The van der Waals surface area contributed by atoms with Crippen LogP contribution in [-0.2, 0) is 9.59 Å². The van der Waals surface area contributed by atoms with Crippen molar-refractivity contribution in [3.05, 3.63) is 30.2 Å². The Kier molecular flexibility index (Phi) is 10.3. The maximum absolute atomic E-state index is 11.5. The smallest absolute Gasteiger partial charge is 0.303 e. The number of carboxylic acids is 1. The number of unbranched alkanes of at least 4 members (excludes halogenated alkanes) is 7. The Morgan fingerprint density at radius 2 is 1.70 bits per heavy atom. The number of hydrogen-bond acceptors (Lipinski definition) is 3. The van der Waals surface area contributed by atoms with Crippen molar-refractivity contribution in [1.29, 1.82) is 0 Å². The first-order valence-corrected chi connectivity index (χ1v) is 8.39. The molecule has 1 aromatic heterocycles. The van der Waals surface area contributed by atoms with Crippen molar-refractivity contribution in [3.63, 3.8) is 0 Å². The van der Waals surface area contributed by atoms with Crippen LogP contribution in [0.3, 0.4) is 0 Å². The van der Waals surface area contributed by atoms with Crippen LogP contribution < -0.4 is 5.32 Å². The number of carboxylic acid groups (broad SMARTS) is 1. The van der Waals surface area contributed by atoms with Crippen LogP contribution in [0.4, 0.5) is 0 Å². The first-order valence-electron chi connectivity index (χ1n) is 8.39. The van der Waals surface area contributed by atoms with Gasteiger partial charge in [-0.05, 0) is 31.1 Å². The Labute approximate surface area is 137 Å². The molecule has 2 N–H and O–H groups in total. The van der Waals surface area contributed by atoms with Gasteiger partial charge in [0.05, 0.1) is 6.26 Å². The molecule has 0 saturated carbocycles. The lowest BCUT2D eigenvalue weighted by Gasteiger charge is -2.03. The van der Waals surface area contributed by atoms with Crippen molar-refractivity contribution >= 4 is 18.0 Å². The third-order valence-electron chi connectivity index (χ3n) is 3.56. The van der Waals surface area contributed by atoms with Crippen molar-refractivity contribution < 1.29 is 19.1 Å². The number of rotatable bonds is 13. The normalized spacial score (nSPS) is 11.0. The number of carbonyl (C=O) groups is 2. The number of nitrogens with one attached hydrogen (secondary N) is 1. The summed E-state index contributed by atoms with van der Waals surface area (Å²) < 4.78 is 5.10. The molecule has 0 radical (unpaired) electrons. The summed E-state index contributed by atoms with van der Waals surface area (Å²) in [6, 6.07) is 3.58. The molecule has 0 aliphatic rings. The maximum atomic E-state index is 11.5. The molecule has 128 valence electrons. The summed E-state index contributed by atoms with van der Waals surface area (Å²) in [6.45, 7) is 0.694. The fourth-order valence-corrected chi connectivity index (χ4v) is 2.28. The largest absolute Gasteiger partial charge is 0.481 e. The van der Waals surface area contributed by atoms with Gasteiger partial charge in [0, 0.05) is 19.0 Å². The van der Waals surface area contributed by atoms with Crippen molar-refractivity contribution in [2.24, 2.45) is 0 Å². The van der Waals surface area contributed by atoms with E-state index in [1.54, 1.807) is 24.5 Å². The zero-order chi connectivity index (χ0) is 16.8. The van der Waals surface area contributed by atoms with Crippen molar-refractivity contribution in [3.8, 4) is 0 Å². The van der Waals surface area contributed by atoms with Crippen LogP contribution in [0.15, 0.2) is 28.9 Å². The molecule has 5 nitrogen and oxygen atoms in total. The molecule has 0 aliphatic carbocycles. The summed E-state index contributed by atoms with van der Waals surface area (Å²) >= 11 is 0. The molecule has 0 aliphatic heterocycles. The molecule has 5 heteroatoms. The van der Waals surface area contributed by atoms with Crippen LogP contribution in [-0.4, -0.2) is 23.5 Å². The Hall–Kier alpha value is -2.04. The number of amides is 1. The van der Waals surface area contributed by atoms with Crippen LogP contribution in [0.5, 0.6) is 0 Å². The molecule has 0 atom stereocenters. The van der Waals surface area contributed by atoms with E-state index in [-0.39, 0.29) is 12.3 Å². The molecule has 0 bridgehead atoms. The van der Waals surface area contributed by atoms with E-state index >= 15 is 0 Å². The second-order valence-electron chi connectivity index (χ2n) is 5.61. The number of aliphatic carboxylic acids is 1. The van der Waals surface area contributed by atoms with Gasteiger partial charge in [-0.2, -0.15) is 0 Å². The Balaban J connectivity index is 1.86. The van der Waals surface area contributed by atoms with Crippen molar-refractivity contribution in [1.82, 2.24) is 5.32 Å². The van der Waals surface area contributed by atoms with Gasteiger partial charge in [-0.1, -0.05) is 38.5 Å². The molecule has 0 saturated heterocycles. The van der Waals surface area contributed by atoms with E-state index < -0.39 is 5.97 Å². The molecule has 0 unspecified atom stereocenters. The molecule has 1 rings (SSSR count). The second-order valence-corrected chi connectivity index (χ2v) is 5.61. The zero-order valence-electron chi connectivity index (χ0n) is 13.6. The summed E-state index contributed by atoms with van der Waals surface area (Å²) in [4.78, 5) is 21.9. The lowest BCUT2D eigenvalue weighted by Crippen LogP contribution is -2.21. The molecule has 1 heterocycles. The standard InChI is InChI=1S/C18H27NO4/c20-17(13-12-16-10-9-15-23-16)19-14-8-6-4-2-1-3-5-7-11-18(21)22/h9-10,12-13,15H,1-8,11,14H2,(H,19,20)(H,21,22)/b13-12+. The van der Waals surface area contributed by atoms with Crippen LogP contribution in [0.25, 0.3) is 6.08 Å². The highest BCUT2D eigenvalue weighted by Crippen LogP contribution is 2.09. The molecular weight excluding hydrogens is 294 g/mol. The van der Waals surface area contributed by atoms with E-state index in [1.807, 2.05) is 0 Å². The summed E-state index contributed by atoms with van der Waals surface area (Å²) in [5.41, 5.74) is 0. The average Bonchev–Trinajstić information content (AvgIpc) is 3.03. The number of hydrogen-bond donors (Lipinski definition) is 2. The quantitative estimate of drug-likeness (QED) is 0.425. The third kappa shape index (κ3) is 11.2. The minimum Gasteiger partial charge on any atom is -0.481 e. The molecule has 0 aromatic carbocycles. The van der Waals surface area contributed by atoms with Gasteiger partial charge in [0.2, 0.25) is 5.91 Å². The number of carbonyl (C=O) groups excluding carboxylic acids is 1. The van der Waals surface area contributed by atoms with Gasteiger partial charge in [0.25, 0.3) is 0 Å². The minimum absolute atomic E-state index is 0.0974. The fraction of sp³-hybridized carbons (Fsp3) is 0.556. The van der Waals surface area contributed by atoms with Gasteiger partial charge >= 0.3 is 5.97 Å². The summed E-state index contributed by atoms with van der Waals surface area (Å²) in [5, 5.41) is 11.4. The Morgan fingerprint density at radius 3 is 2.30 bits per heavy atom. The monoisotopic (exact) mass is 321 g/mol. The van der Waals surface area contributed by atoms with Gasteiger partial charge < -0.3 is 14.8 Å². The van der Waals surface area contributed by atoms with Crippen LogP contribution >= 0.6 is 0 Å². The maximum Gasteiger partial charge on any atom is 0.303 e. The molecule has 0 spiro atoms. The lowest BCUT2D eigenvalue weighted by atomic mass is 10.1. The lowest BCUT2D eigenvalue weighted by molar-refractivity contribution is -0.137. The first-order chi connectivity index (χ1) is 11.2. The SMILES string of the molecule is O=C(O)CCCCCCCCCCNC(=O)/C=C/c1ccco1. The third-order valence-corrected chi connectivity index (χ3v) is 3.56. The Morgan fingerprint density at radius 1 is 1.04 bits per heavy atom. The van der Waals surface area contributed by atoms with E-state index in [0.717, 1.165) is 44.9 Å². The van der Waals surface area contributed by atoms with Gasteiger partial charge in [0.15, 0.2) is 0 Å². The van der Waals surface area contributed by atoms with Gasteiger partial charge in [-0.25, -0.2) is 0 Å². The average molecular weight is 321 g/mol. The van der Waals surface area contributed by atoms with E-state index in [2.05, 4.69) is 5.32 Å². The van der Waals surface area contributed by atoms with Crippen LogP contribution in [0.1, 0.15) is 63.5 Å². The molecule has 1 amide bonds. The fourth-order valence-electron chi connectivity index (χ4n) is 2.28. The molecule has 1 aromatic rings. The topological polar surface area (TPSA) is 79.5 Å². The molecular formula is C18H27NO4. The van der Waals surface area contributed by atoms with Crippen LogP contribution in [0, 0.1) is 0 Å². The first kappa shape index (κ1) is 19.0. The summed E-state index contributed by atoms with van der Waals surface area (Å²) in [6.07, 6.45) is 13.5. The van der Waals surface area contributed by atoms with E-state index in [9.17, 15) is 9.59 Å². The van der Waals surface area contributed by atoms with E-state index in [0.29, 0.717) is 12.3 Å². The second kappa shape index (κ2) is 12.5. The zero-order valence-corrected chi connectivity index (χ0v) is 13.6. The van der Waals surface area contributed by atoms with Crippen LogP contribution in [0.2, 0.25) is 0 Å². The molecule has 0 fully saturated rings. The molecule has 23 heavy (non-hydrogen) atoms. The Bertz CT molecular complexity index is 465. The number of furan rings is 1. The predicted octanol–water partition coefficient (Wildman–Crippen LogP) is 4.00. The minimum atomic E-state index is -0.703. The van der Waals surface area contributed by atoms with Gasteiger partial charge in [-0.3, -0.25) is 9.59 Å². The highest BCUT2D eigenvalue weighted by Gasteiger charge is 1.98. The predicted molar refractivity (Wildman–Crippen MR) is 89.9 cm³/mol. The van der Waals surface area contributed by atoms with Gasteiger partial charge in [0.1, 0.15) is 5.76 Å². The summed E-state index contributed by atoms with van der Waals surface area (Å²) in [5.74, 6) is -0.130. The van der Waals surface area contributed by atoms with E-state index in [4.69, 9.17) is 9.52 Å². The van der Waals surface area contributed by atoms with Crippen molar-refractivity contribution in [2.75, 3.05) is 6.54 Å². The highest BCUT2D eigenvalue weighted by molar-refractivity contribution is 5.91. The van der Waals surface area contributed by atoms with Gasteiger partial charge in [-0.15, -0.1) is 0 Å².